The van der Waals surface area contributed by atoms with Crippen molar-refractivity contribution in [3.63, 3.8) is 0 Å². The third kappa shape index (κ3) is 10.6. The molecule has 2 atom stereocenters. The summed E-state index contributed by atoms with van der Waals surface area (Å²) in [7, 11) is 0. The minimum absolute atomic E-state index is 0.198. The van der Waals surface area contributed by atoms with Gasteiger partial charge in [0.1, 0.15) is 22.8 Å². The van der Waals surface area contributed by atoms with Gasteiger partial charge in [0.2, 0.25) is 0 Å². The zero-order valence-corrected chi connectivity index (χ0v) is 18.0. The first kappa shape index (κ1) is 23.0. The van der Waals surface area contributed by atoms with Crippen molar-refractivity contribution in [1.82, 2.24) is 4.90 Å². The number of nitrogens with zero attached hydrogens (tertiary/aromatic N) is 1. The highest BCUT2D eigenvalue weighted by Gasteiger charge is 2.41. The molecule has 0 spiro atoms. The maximum absolute atomic E-state index is 12.8. The lowest BCUT2D eigenvalue weighted by molar-refractivity contribution is -0.161. The van der Waals surface area contributed by atoms with Crippen LogP contribution < -0.4 is 0 Å². The molecule has 156 valence electrons. The van der Waals surface area contributed by atoms with E-state index >= 15 is 0 Å². The number of carbonyl (C=O) groups is 3. The molecule has 0 aromatic heterocycles. The lowest BCUT2D eigenvalue weighted by Crippen LogP contribution is -2.53. The van der Waals surface area contributed by atoms with E-state index in [1.54, 1.807) is 62.3 Å². The van der Waals surface area contributed by atoms with E-state index in [1.807, 2.05) is 0 Å². The van der Waals surface area contributed by atoms with Crippen molar-refractivity contribution >= 4 is 18.2 Å². The summed E-state index contributed by atoms with van der Waals surface area (Å²) in [5.41, 5.74) is -2.67. The Hall–Kier alpha value is -2.05. The zero-order chi connectivity index (χ0) is 22.5. The summed E-state index contributed by atoms with van der Waals surface area (Å²) in [6.45, 7) is 18.3. The molecule has 0 saturated heterocycles. The van der Waals surface area contributed by atoms with Crippen molar-refractivity contribution in [2.75, 3.05) is 0 Å². The van der Waals surface area contributed by atoms with Crippen molar-refractivity contribution < 1.29 is 30.0 Å². The van der Waals surface area contributed by atoms with E-state index in [0.717, 1.165) is 0 Å². The molecule has 0 rings (SSSR count). The predicted molar refractivity (Wildman–Crippen MR) is 103 cm³/mol. The van der Waals surface area contributed by atoms with Gasteiger partial charge < -0.3 is 14.2 Å². The van der Waals surface area contributed by atoms with Crippen LogP contribution in [0.5, 0.6) is 0 Å². The van der Waals surface area contributed by atoms with Gasteiger partial charge in [0.05, 0.1) is 0 Å². The lowest BCUT2D eigenvalue weighted by Gasteiger charge is -2.33. The van der Waals surface area contributed by atoms with Crippen LogP contribution in [0.25, 0.3) is 0 Å². The minimum Gasteiger partial charge on any atom is -0.458 e. The van der Waals surface area contributed by atoms with Gasteiger partial charge in [-0.3, -0.25) is 0 Å². The Bertz CT molecular complexity index is 555. The van der Waals surface area contributed by atoms with Crippen LogP contribution in [0.2, 0.25) is 0 Å². The van der Waals surface area contributed by atoms with Crippen molar-refractivity contribution in [3.8, 4) is 0 Å². The maximum Gasteiger partial charge on any atom is 0.420 e. The van der Waals surface area contributed by atoms with E-state index in [2.05, 4.69) is 6.58 Å². The molecule has 27 heavy (non-hydrogen) atoms. The van der Waals surface area contributed by atoms with E-state index in [9.17, 15) is 14.4 Å². The van der Waals surface area contributed by atoms with Crippen molar-refractivity contribution in [2.45, 2.75) is 98.0 Å². The van der Waals surface area contributed by atoms with Crippen LogP contribution in [0.3, 0.4) is 0 Å². The quantitative estimate of drug-likeness (QED) is 0.382. The third-order valence-electron chi connectivity index (χ3n) is 2.70. The average Bonchev–Trinajstić information content (AvgIpc) is 2.40. The Balaban J connectivity index is 6.10. The van der Waals surface area contributed by atoms with Gasteiger partial charge in [-0.05, 0) is 75.1 Å². The second kappa shape index (κ2) is 9.24. The number of rotatable bonds is 5. The lowest BCUT2D eigenvalue weighted by atomic mass is 10.1. The normalized spacial score (nSPS) is 15.1. The van der Waals surface area contributed by atoms with Gasteiger partial charge in [-0.25, -0.2) is 14.4 Å². The first-order chi connectivity index (χ1) is 12.4. The summed E-state index contributed by atoms with van der Waals surface area (Å²) in [5, 5.41) is 0. The number of hydrogen-bond acceptors (Lipinski definition) is 6. The van der Waals surface area contributed by atoms with Gasteiger partial charge >= 0.3 is 18.2 Å². The molecular weight excluding hydrogens is 350 g/mol. The molecule has 0 saturated carbocycles. The maximum atomic E-state index is 12.8. The van der Waals surface area contributed by atoms with Crippen LogP contribution in [-0.2, 0) is 19.0 Å². The standard InChI is InChI=1S/C20H35NO6/c1-11-12-13-14(15(22)25-18(2,3)4)21(16(23)26-19(5,6)7)17(24)27-20(8,9)10/h11,14H,1,12-13H2,2-10H3/t14-/m0/s1/i12D/t12?,14-. The largest absolute Gasteiger partial charge is 0.458 e. The first-order valence-corrected chi connectivity index (χ1v) is 8.89. The number of amides is 2. The van der Waals surface area contributed by atoms with Crippen LogP contribution in [0, 0.1) is 0 Å². The Labute approximate surface area is 164 Å². The van der Waals surface area contributed by atoms with Crippen LogP contribution >= 0.6 is 0 Å². The summed E-state index contributed by atoms with van der Waals surface area (Å²) in [6.07, 6.45) is -1.90. The van der Waals surface area contributed by atoms with E-state index < -0.39 is 47.4 Å². The monoisotopic (exact) mass is 386 g/mol. The third-order valence-corrected chi connectivity index (χ3v) is 2.70. The van der Waals surface area contributed by atoms with Crippen LogP contribution in [0.1, 0.15) is 76.5 Å². The second-order valence-corrected chi connectivity index (χ2v) is 9.09. The van der Waals surface area contributed by atoms with Crippen molar-refractivity contribution in [3.05, 3.63) is 12.7 Å². The average molecular weight is 387 g/mol. The Morgan fingerprint density at radius 3 is 1.56 bits per heavy atom. The highest BCUT2D eigenvalue weighted by molar-refractivity contribution is 5.94. The van der Waals surface area contributed by atoms with Gasteiger partial charge in [0.15, 0.2) is 0 Å². The number of carbonyl (C=O) groups excluding carboxylic acids is 3. The predicted octanol–water partition coefficient (Wildman–Crippen LogP) is 4.84. The van der Waals surface area contributed by atoms with Crippen LogP contribution in [0.4, 0.5) is 9.59 Å². The number of allylic oxidation sites excluding steroid dienone is 1. The molecule has 2 amide bonds. The minimum atomic E-state index is -1.40. The molecule has 0 heterocycles. The number of imide groups is 1. The van der Waals surface area contributed by atoms with Gasteiger partial charge in [-0.2, -0.15) is 4.90 Å². The van der Waals surface area contributed by atoms with E-state index in [0.29, 0.717) is 4.90 Å². The molecule has 0 aliphatic heterocycles. The molecule has 0 aromatic rings. The fraction of sp³-hybridized carbons (Fsp3) is 0.750. The highest BCUT2D eigenvalue weighted by Crippen LogP contribution is 2.21. The molecule has 7 heteroatoms. The molecule has 0 aliphatic carbocycles. The summed E-state index contributed by atoms with van der Waals surface area (Å²) in [6, 6.07) is -1.40. The van der Waals surface area contributed by atoms with Gasteiger partial charge in [0, 0.05) is 1.37 Å². The highest BCUT2D eigenvalue weighted by atomic mass is 16.6. The van der Waals surface area contributed by atoms with Crippen molar-refractivity contribution in [1.29, 1.82) is 0 Å². The molecule has 0 aromatic carbocycles. The summed E-state index contributed by atoms with van der Waals surface area (Å²) in [4.78, 5) is 38.9. The molecule has 7 nitrogen and oxygen atoms in total. The van der Waals surface area contributed by atoms with E-state index in [1.165, 1.54) is 6.08 Å². The molecule has 0 radical (unpaired) electrons. The summed E-state index contributed by atoms with van der Waals surface area (Å²) in [5.74, 6) is -0.830. The van der Waals surface area contributed by atoms with Gasteiger partial charge in [-0.15, -0.1) is 6.58 Å². The first-order valence-electron chi connectivity index (χ1n) is 9.47. The summed E-state index contributed by atoms with van der Waals surface area (Å²) >= 11 is 0. The molecule has 0 N–H and O–H groups in total. The van der Waals surface area contributed by atoms with Crippen LogP contribution in [-0.4, -0.2) is 45.9 Å². The van der Waals surface area contributed by atoms with E-state index in [-0.39, 0.29) is 6.42 Å². The smallest absolute Gasteiger partial charge is 0.420 e. The van der Waals surface area contributed by atoms with Crippen molar-refractivity contribution in [2.24, 2.45) is 0 Å². The van der Waals surface area contributed by atoms with Gasteiger partial charge in [0.25, 0.3) is 0 Å². The van der Waals surface area contributed by atoms with Crippen LogP contribution in [0.15, 0.2) is 12.7 Å². The second-order valence-electron chi connectivity index (χ2n) is 9.09. The number of esters is 1. The zero-order valence-electron chi connectivity index (χ0n) is 19.0. The topological polar surface area (TPSA) is 82.1 Å². The number of hydrogen-bond donors (Lipinski definition) is 0. The molecule has 0 fully saturated rings. The molecule has 0 bridgehead atoms. The molecular formula is C20H35NO6. The fourth-order valence-corrected chi connectivity index (χ4v) is 1.85. The molecule has 0 aliphatic rings. The Morgan fingerprint density at radius 1 is 0.889 bits per heavy atom. The Kier molecular flexibility index (Phi) is 7.87. The SMILES string of the molecule is [2H]C(C=C)C[C@@H](C(=O)OC(C)(C)C)N(C(=O)OC(C)(C)C)C(=O)OC(C)(C)C. The molecule has 1 unspecified atom stereocenters. The number of ether oxygens (including phenoxy) is 3. The Morgan fingerprint density at radius 2 is 1.26 bits per heavy atom. The fourth-order valence-electron chi connectivity index (χ4n) is 1.85. The van der Waals surface area contributed by atoms with Gasteiger partial charge in [-0.1, -0.05) is 6.08 Å². The van der Waals surface area contributed by atoms with E-state index in [4.69, 9.17) is 15.6 Å². The summed E-state index contributed by atoms with van der Waals surface area (Å²) < 4.78 is 23.9.